The largest absolute Gasteiger partial charge is 0.346 e. The van der Waals surface area contributed by atoms with Crippen molar-refractivity contribution in [2.45, 2.75) is 12.5 Å². The number of rotatable bonds is 9. The third kappa shape index (κ3) is 6.32. The van der Waals surface area contributed by atoms with Crippen molar-refractivity contribution in [3.8, 4) is 0 Å². The first-order valence-electron chi connectivity index (χ1n) is 9.03. The van der Waals surface area contributed by atoms with E-state index in [0.29, 0.717) is 28.3 Å². The number of anilines is 1. The van der Waals surface area contributed by atoms with Gasteiger partial charge in [0, 0.05) is 23.2 Å². The molecule has 0 aliphatic carbocycles. The van der Waals surface area contributed by atoms with Gasteiger partial charge in [0.05, 0.1) is 18.3 Å². The van der Waals surface area contributed by atoms with E-state index < -0.39 is 6.04 Å². The van der Waals surface area contributed by atoms with Crippen molar-refractivity contribution in [3.63, 3.8) is 0 Å². The average Bonchev–Trinajstić information content (AvgIpc) is 2.74. The molecular formula is C21H24ClN3O3S. The lowest BCUT2D eigenvalue weighted by Gasteiger charge is -2.21. The monoisotopic (exact) mass is 433 g/mol. The summed E-state index contributed by atoms with van der Waals surface area (Å²) in [5.41, 5.74) is 7.02. The molecule has 0 radical (unpaired) electrons. The van der Waals surface area contributed by atoms with Crippen LogP contribution in [0.4, 0.5) is 5.69 Å². The lowest BCUT2D eigenvalue weighted by atomic mass is 10.0. The zero-order chi connectivity index (χ0) is 21.4. The van der Waals surface area contributed by atoms with Crippen LogP contribution < -0.4 is 16.0 Å². The zero-order valence-electron chi connectivity index (χ0n) is 16.4. The highest BCUT2D eigenvalue weighted by molar-refractivity contribution is 7.98. The first-order chi connectivity index (χ1) is 13.8. The van der Waals surface area contributed by atoms with E-state index in [1.165, 1.54) is 11.0 Å². The smallest absolute Gasteiger partial charge is 0.246 e. The summed E-state index contributed by atoms with van der Waals surface area (Å²) >= 11 is 7.68. The number of hydrogen-bond acceptors (Lipinski definition) is 5. The summed E-state index contributed by atoms with van der Waals surface area (Å²) in [6.07, 6.45) is 2.47. The summed E-state index contributed by atoms with van der Waals surface area (Å²) in [6, 6.07) is 12.8. The van der Waals surface area contributed by atoms with Gasteiger partial charge >= 0.3 is 0 Å². The number of thioether (sulfide) groups is 1. The second kappa shape index (κ2) is 11.0. The van der Waals surface area contributed by atoms with Crippen LogP contribution >= 0.6 is 23.4 Å². The molecule has 0 aliphatic heterocycles. The second-order valence-corrected chi connectivity index (χ2v) is 7.84. The van der Waals surface area contributed by atoms with E-state index in [9.17, 15) is 14.4 Å². The Morgan fingerprint density at radius 1 is 1.17 bits per heavy atom. The Morgan fingerprint density at radius 2 is 1.86 bits per heavy atom. The number of nitrogens with zero attached hydrogens (tertiary/aromatic N) is 1. The molecule has 0 bridgehead atoms. The van der Waals surface area contributed by atoms with Crippen LogP contribution in [-0.2, 0) is 9.59 Å². The maximum atomic E-state index is 12.9. The number of amides is 2. The number of likely N-dealkylation sites (N-methyl/N-ethyl adjacent to an activating group) is 1. The van der Waals surface area contributed by atoms with E-state index in [4.69, 9.17) is 17.3 Å². The fraction of sp³-hybridized carbons (Fsp3) is 0.286. The summed E-state index contributed by atoms with van der Waals surface area (Å²) < 4.78 is 0. The quantitative estimate of drug-likeness (QED) is 0.593. The minimum absolute atomic E-state index is 0.218. The van der Waals surface area contributed by atoms with E-state index in [1.807, 2.05) is 12.3 Å². The third-order valence-corrected chi connectivity index (χ3v) is 5.24. The molecule has 2 aromatic carbocycles. The van der Waals surface area contributed by atoms with Crippen molar-refractivity contribution in [2.24, 2.45) is 5.73 Å². The van der Waals surface area contributed by atoms with Gasteiger partial charge in [-0.05, 0) is 36.6 Å². The highest BCUT2D eigenvalue weighted by Crippen LogP contribution is 2.26. The average molecular weight is 434 g/mol. The van der Waals surface area contributed by atoms with Crippen molar-refractivity contribution in [3.05, 3.63) is 64.7 Å². The number of hydrogen-bond donors (Lipinski definition) is 2. The van der Waals surface area contributed by atoms with Gasteiger partial charge < -0.3 is 16.0 Å². The van der Waals surface area contributed by atoms with Crippen molar-refractivity contribution in [2.75, 3.05) is 30.5 Å². The van der Waals surface area contributed by atoms with Crippen LogP contribution in [0.5, 0.6) is 0 Å². The molecule has 1 unspecified atom stereocenters. The number of ketones is 1. The fourth-order valence-corrected chi connectivity index (χ4v) is 3.31. The van der Waals surface area contributed by atoms with Crippen LogP contribution in [0.25, 0.3) is 0 Å². The first-order valence-corrected chi connectivity index (χ1v) is 10.8. The first kappa shape index (κ1) is 22.9. The Labute approximate surface area is 179 Å². The Bertz CT molecular complexity index is 877. The molecular weight excluding hydrogens is 410 g/mol. The van der Waals surface area contributed by atoms with E-state index >= 15 is 0 Å². The lowest BCUT2D eigenvalue weighted by molar-refractivity contribution is -0.125. The zero-order valence-corrected chi connectivity index (χ0v) is 17.9. The van der Waals surface area contributed by atoms with Crippen LogP contribution in [0, 0.1) is 0 Å². The summed E-state index contributed by atoms with van der Waals surface area (Å²) in [5.74, 6) is -0.235. The summed E-state index contributed by atoms with van der Waals surface area (Å²) in [4.78, 5) is 38.9. The van der Waals surface area contributed by atoms with Gasteiger partial charge in [0.15, 0.2) is 5.78 Å². The molecule has 2 amide bonds. The van der Waals surface area contributed by atoms with Gasteiger partial charge in [-0.15, -0.1) is 0 Å². The lowest BCUT2D eigenvalue weighted by Crippen LogP contribution is -2.45. The Morgan fingerprint density at radius 3 is 2.52 bits per heavy atom. The van der Waals surface area contributed by atoms with Crippen LogP contribution in [0.15, 0.2) is 48.5 Å². The van der Waals surface area contributed by atoms with Gasteiger partial charge in [0.2, 0.25) is 11.8 Å². The van der Waals surface area contributed by atoms with E-state index in [0.717, 1.165) is 5.75 Å². The molecule has 2 rings (SSSR count). The van der Waals surface area contributed by atoms with Gasteiger partial charge in [0.25, 0.3) is 0 Å². The Balaban J connectivity index is 2.14. The minimum atomic E-state index is -0.661. The van der Waals surface area contributed by atoms with Gasteiger partial charge in [-0.25, -0.2) is 0 Å². The van der Waals surface area contributed by atoms with Crippen LogP contribution in [-0.4, -0.2) is 49.2 Å². The molecule has 0 saturated carbocycles. The number of nitrogens with one attached hydrogen (secondary N) is 1. The standard InChI is InChI=1S/C21H24ClN3O3S/c1-25(19(26)13-24-21(28)17(23)10-11-29-2)18-9-8-15(22)12-16(18)20(27)14-6-4-3-5-7-14/h3-9,12,17H,10-11,13,23H2,1-2H3,(H,24,28). The van der Waals surface area contributed by atoms with Crippen molar-refractivity contribution < 1.29 is 14.4 Å². The molecule has 29 heavy (non-hydrogen) atoms. The van der Waals surface area contributed by atoms with Gasteiger partial charge in [-0.3, -0.25) is 14.4 Å². The molecule has 0 heterocycles. The second-order valence-electron chi connectivity index (χ2n) is 6.42. The molecule has 0 fully saturated rings. The van der Waals surface area contributed by atoms with Crippen LogP contribution in [0.1, 0.15) is 22.3 Å². The van der Waals surface area contributed by atoms with Gasteiger partial charge in [0.1, 0.15) is 0 Å². The maximum absolute atomic E-state index is 12.9. The molecule has 0 aromatic heterocycles. The Hall–Kier alpha value is -2.35. The summed E-state index contributed by atoms with van der Waals surface area (Å²) in [6.45, 7) is -0.218. The molecule has 2 aromatic rings. The molecule has 1 atom stereocenters. The molecule has 3 N–H and O–H groups in total. The van der Waals surface area contributed by atoms with Crippen LogP contribution in [0.3, 0.4) is 0 Å². The summed E-state index contributed by atoms with van der Waals surface area (Å²) in [7, 11) is 1.55. The topological polar surface area (TPSA) is 92.5 Å². The van der Waals surface area contributed by atoms with Crippen LogP contribution in [0.2, 0.25) is 5.02 Å². The predicted molar refractivity (Wildman–Crippen MR) is 119 cm³/mol. The number of carbonyl (C=O) groups is 3. The molecule has 0 saturated heterocycles. The van der Waals surface area contributed by atoms with Crippen molar-refractivity contribution in [1.29, 1.82) is 0 Å². The molecule has 6 nitrogen and oxygen atoms in total. The van der Waals surface area contributed by atoms with Crippen molar-refractivity contribution >= 4 is 46.6 Å². The van der Waals surface area contributed by atoms with Crippen molar-refractivity contribution in [1.82, 2.24) is 5.32 Å². The number of halogens is 1. The molecule has 0 spiro atoms. The van der Waals surface area contributed by atoms with E-state index in [1.54, 1.807) is 55.2 Å². The van der Waals surface area contributed by atoms with E-state index in [-0.39, 0.29) is 24.1 Å². The maximum Gasteiger partial charge on any atom is 0.246 e. The van der Waals surface area contributed by atoms with E-state index in [2.05, 4.69) is 5.32 Å². The fourth-order valence-electron chi connectivity index (χ4n) is 2.65. The van der Waals surface area contributed by atoms with Gasteiger partial charge in [-0.2, -0.15) is 11.8 Å². The minimum Gasteiger partial charge on any atom is -0.346 e. The molecule has 8 heteroatoms. The highest BCUT2D eigenvalue weighted by Gasteiger charge is 2.21. The highest BCUT2D eigenvalue weighted by atomic mass is 35.5. The number of benzene rings is 2. The normalized spacial score (nSPS) is 11.6. The molecule has 154 valence electrons. The summed E-state index contributed by atoms with van der Waals surface area (Å²) in [5, 5.41) is 2.95. The SMILES string of the molecule is CSCCC(N)C(=O)NCC(=O)N(C)c1ccc(Cl)cc1C(=O)c1ccccc1. The Kier molecular flexibility index (Phi) is 8.70. The predicted octanol–water partition coefficient (Wildman–Crippen LogP) is 2.73. The molecule has 0 aliphatic rings. The number of carbonyl (C=O) groups excluding carboxylic acids is 3. The number of nitrogens with two attached hydrogens (primary N) is 1. The van der Waals surface area contributed by atoms with Gasteiger partial charge in [-0.1, -0.05) is 41.9 Å². The third-order valence-electron chi connectivity index (χ3n) is 4.36.